The van der Waals surface area contributed by atoms with Crippen molar-refractivity contribution in [2.75, 3.05) is 7.05 Å². The monoisotopic (exact) mass is 259 g/mol. The first-order valence-corrected chi connectivity index (χ1v) is 6.78. The topological polar surface area (TPSA) is 35.2 Å². The predicted octanol–water partition coefficient (Wildman–Crippen LogP) is 4.64. The molecule has 0 atom stereocenters. The fraction of sp³-hybridized carbons (Fsp3) is 0.294. The molecule has 0 aliphatic carbocycles. The van der Waals surface area contributed by atoms with Crippen LogP contribution in [-0.4, -0.2) is 7.05 Å². The fourth-order valence-electron chi connectivity index (χ4n) is 1.45. The molecular weight excluding hydrogens is 234 g/mol. The third-order valence-corrected chi connectivity index (χ3v) is 2.29. The predicted molar refractivity (Wildman–Crippen MR) is 83.8 cm³/mol. The third kappa shape index (κ3) is 6.63. The molecule has 2 nitrogen and oxygen atoms in total. The molecule has 2 N–H and O–H groups in total. The highest BCUT2D eigenvalue weighted by Crippen LogP contribution is 2.21. The molecule has 0 fully saturated rings. The van der Waals surface area contributed by atoms with E-state index in [1.165, 1.54) is 12.6 Å². The van der Waals surface area contributed by atoms with Gasteiger partial charge >= 0.3 is 0 Å². The first-order chi connectivity index (χ1) is 9.38. The summed E-state index contributed by atoms with van der Waals surface area (Å²) in [5, 5.41) is 0. The van der Waals surface area contributed by atoms with Gasteiger partial charge in [-0.1, -0.05) is 51.1 Å². The van der Waals surface area contributed by atoms with Gasteiger partial charge in [-0.3, -0.25) is 0 Å². The normalized spacial score (nSPS) is 8.47. The number of hydrogen-bond donors (Lipinski definition) is 1. The zero-order valence-electron chi connectivity index (χ0n) is 12.4. The molecule has 0 aromatic heterocycles. The third-order valence-electron chi connectivity index (χ3n) is 2.29. The molecule has 0 saturated carbocycles. The van der Waals surface area contributed by atoms with Crippen LogP contribution in [0.1, 0.15) is 26.3 Å². The van der Waals surface area contributed by atoms with Crippen molar-refractivity contribution in [3.05, 3.63) is 60.2 Å². The molecule has 2 rings (SSSR count). The van der Waals surface area contributed by atoms with Crippen LogP contribution in [0.25, 0.3) is 0 Å². The summed E-state index contributed by atoms with van der Waals surface area (Å²) in [5.74, 6) is 1.78. The number of nitrogens with two attached hydrogens (primary N) is 1. The molecule has 0 spiro atoms. The summed E-state index contributed by atoms with van der Waals surface area (Å²) >= 11 is 0. The number of ether oxygens (including phenoxy) is 1. The lowest BCUT2D eigenvalue weighted by Gasteiger charge is -2.06. The molecular formula is C17H25NO. The minimum absolute atomic E-state index is 0.880. The second-order valence-electron chi connectivity index (χ2n) is 3.42. The van der Waals surface area contributed by atoms with Crippen molar-refractivity contribution in [3.8, 4) is 11.5 Å². The summed E-state index contributed by atoms with van der Waals surface area (Å²) in [6.07, 6.45) is 1.03. The Bertz CT molecular complexity index is 426. The summed E-state index contributed by atoms with van der Waals surface area (Å²) in [4.78, 5) is 0. The Kier molecular flexibility index (Phi) is 10.2. The lowest BCUT2D eigenvalue weighted by Crippen LogP contribution is -1.85. The molecule has 19 heavy (non-hydrogen) atoms. The zero-order valence-corrected chi connectivity index (χ0v) is 12.4. The van der Waals surface area contributed by atoms with Gasteiger partial charge in [-0.15, -0.1) is 0 Å². The van der Waals surface area contributed by atoms with E-state index in [9.17, 15) is 0 Å². The van der Waals surface area contributed by atoms with Gasteiger partial charge in [-0.2, -0.15) is 0 Å². The van der Waals surface area contributed by atoms with Crippen LogP contribution in [0.5, 0.6) is 11.5 Å². The average molecular weight is 259 g/mol. The fourth-order valence-corrected chi connectivity index (χ4v) is 1.45. The van der Waals surface area contributed by atoms with Crippen molar-refractivity contribution in [1.29, 1.82) is 0 Å². The average Bonchev–Trinajstić information content (AvgIpc) is 2.52. The Labute approximate surface area is 117 Å². The Morgan fingerprint density at radius 2 is 1.42 bits per heavy atom. The van der Waals surface area contributed by atoms with E-state index in [0.29, 0.717) is 0 Å². The molecule has 2 heteroatoms. The number of aryl methyl sites for hydroxylation is 1. The number of benzene rings is 2. The van der Waals surface area contributed by atoms with Crippen LogP contribution in [0.2, 0.25) is 0 Å². The van der Waals surface area contributed by atoms with Gasteiger partial charge in [0.2, 0.25) is 0 Å². The van der Waals surface area contributed by atoms with E-state index in [1.807, 2.05) is 56.3 Å². The van der Waals surface area contributed by atoms with Crippen molar-refractivity contribution in [3.63, 3.8) is 0 Å². The molecule has 2 aromatic carbocycles. The highest BCUT2D eigenvalue weighted by atomic mass is 16.5. The molecule has 0 unspecified atom stereocenters. The number of hydrogen-bond acceptors (Lipinski definition) is 2. The van der Waals surface area contributed by atoms with E-state index in [1.54, 1.807) is 0 Å². The maximum Gasteiger partial charge on any atom is 0.127 e. The lowest BCUT2D eigenvalue weighted by atomic mass is 10.2. The van der Waals surface area contributed by atoms with E-state index in [4.69, 9.17) is 4.74 Å². The van der Waals surface area contributed by atoms with E-state index >= 15 is 0 Å². The van der Waals surface area contributed by atoms with Crippen LogP contribution >= 0.6 is 0 Å². The van der Waals surface area contributed by atoms with Crippen molar-refractivity contribution >= 4 is 0 Å². The lowest BCUT2D eigenvalue weighted by molar-refractivity contribution is 0.482. The van der Waals surface area contributed by atoms with Crippen molar-refractivity contribution in [2.24, 2.45) is 5.73 Å². The zero-order chi connectivity index (χ0) is 14.5. The number of para-hydroxylation sites is 1. The minimum atomic E-state index is 0.880. The molecule has 0 heterocycles. The van der Waals surface area contributed by atoms with Gasteiger partial charge in [0.05, 0.1) is 0 Å². The molecule has 0 radical (unpaired) electrons. The Balaban J connectivity index is 0.000000741. The van der Waals surface area contributed by atoms with Gasteiger partial charge < -0.3 is 10.5 Å². The van der Waals surface area contributed by atoms with Crippen molar-refractivity contribution in [2.45, 2.75) is 27.2 Å². The van der Waals surface area contributed by atoms with E-state index in [0.717, 1.165) is 17.9 Å². The van der Waals surface area contributed by atoms with E-state index in [-0.39, 0.29) is 0 Å². The van der Waals surface area contributed by atoms with E-state index < -0.39 is 0 Å². The summed E-state index contributed by atoms with van der Waals surface area (Å²) in [6.45, 7) is 6.14. The second-order valence-corrected chi connectivity index (χ2v) is 3.42. The standard InChI is InChI=1S/C14H14O.C2H6.CH5N/c1-2-12-7-6-10-14(11-12)15-13-8-4-3-5-9-13;2*1-2/h3-11H,2H2,1H3;1-2H3;2H2,1H3. The maximum absolute atomic E-state index is 5.72. The van der Waals surface area contributed by atoms with Crippen LogP contribution in [0.4, 0.5) is 0 Å². The molecule has 0 amide bonds. The Morgan fingerprint density at radius 1 is 0.842 bits per heavy atom. The largest absolute Gasteiger partial charge is 0.457 e. The quantitative estimate of drug-likeness (QED) is 0.871. The highest BCUT2D eigenvalue weighted by molar-refractivity contribution is 5.33. The van der Waals surface area contributed by atoms with Crippen LogP contribution in [0.3, 0.4) is 0 Å². The van der Waals surface area contributed by atoms with Crippen molar-refractivity contribution in [1.82, 2.24) is 0 Å². The van der Waals surface area contributed by atoms with Gasteiger partial charge in [-0.25, -0.2) is 0 Å². The summed E-state index contributed by atoms with van der Waals surface area (Å²) in [7, 11) is 1.50. The second kappa shape index (κ2) is 11.3. The highest BCUT2D eigenvalue weighted by Gasteiger charge is 1.96. The SMILES string of the molecule is CC.CCc1cccc(Oc2ccccc2)c1.CN. The van der Waals surface area contributed by atoms with Crippen LogP contribution in [-0.2, 0) is 6.42 Å². The Morgan fingerprint density at radius 3 is 2.00 bits per heavy atom. The molecule has 104 valence electrons. The Hall–Kier alpha value is -1.80. The smallest absolute Gasteiger partial charge is 0.127 e. The summed E-state index contributed by atoms with van der Waals surface area (Å²) in [6, 6.07) is 18.0. The first-order valence-electron chi connectivity index (χ1n) is 6.78. The van der Waals surface area contributed by atoms with Crippen molar-refractivity contribution < 1.29 is 4.74 Å². The van der Waals surface area contributed by atoms with Gasteiger partial charge in [-0.05, 0) is 43.3 Å². The van der Waals surface area contributed by atoms with Gasteiger partial charge in [0.15, 0.2) is 0 Å². The molecule has 0 saturated heterocycles. The molecule has 0 aliphatic heterocycles. The van der Waals surface area contributed by atoms with E-state index in [2.05, 4.69) is 24.8 Å². The summed E-state index contributed by atoms with van der Waals surface area (Å²) < 4.78 is 5.72. The first kappa shape index (κ1) is 17.2. The van der Waals surface area contributed by atoms with Crippen LogP contribution < -0.4 is 10.5 Å². The van der Waals surface area contributed by atoms with Gasteiger partial charge in [0.1, 0.15) is 11.5 Å². The molecule has 0 aliphatic rings. The molecule has 2 aromatic rings. The maximum atomic E-state index is 5.72. The minimum Gasteiger partial charge on any atom is -0.457 e. The van der Waals surface area contributed by atoms with Crippen LogP contribution in [0.15, 0.2) is 54.6 Å². The van der Waals surface area contributed by atoms with Crippen LogP contribution in [0, 0.1) is 0 Å². The van der Waals surface area contributed by atoms with Gasteiger partial charge in [0.25, 0.3) is 0 Å². The summed E-state index contributed by atoms with van der Waals surface area (Å²) in [5.41, 5.74) is 5.79. The van der Waals surface area contributed by atoms with Gasteiger partial charge in [0, 0.05) is 0 Å². The molecule has 0 bridgehead atoms. The number of rotatable bonds is 3.